The van der Waals surface area contributed by atoms with Crippen molar-refractivity contribution in [2.75, 3.05) is 6.61 Å². The van der Waals surface area contributed by atoms with Crippen molar-refractivity contribution < 1.29 is 29.2 Å². The van der Waals surface area contributed by atoms with Crippen LogP contribution in [0.2, 0.25) is 19.1 Å². The molecule has 0 saturated heterocycles. The second-order valence-electron chi connectivity index (χ2n) is 13.4. The number of ether oxygens (including phenoxy) is 4. The molecule has 0 aromatic heterocycles. The molecule has 0 heterocycles. The van der Waals surface area contributed by atoms with Gasteiger partial charge in [-0.2, -0.15) is 0 Å². The third kappa shape index (κ3) is 11.6. The van der Waals surface area contributed by atoms with Crippen molar-refractivity contribution in [3.05, 3.63) is 174 Å². The van der Waals surface area contributed by atoms with Crippen molar-refractivity contribution >= 4 is 13.3 Å². The molecule has 1 unspecified atom stereocenters. The second kappa shape index (κ2) is 19.5. The van der Waals surface area contributed by atoms with Crippen molar-refractivity contribution in [3.8, 4) is 0 Å². The highest BCUT2D eigenvalue weighted by atomic mass is 28.3. The minimum absolute atomic E-state index is 0.00526. The highest BCUT2D eigenvalue weighted by molar-refractivity contribution is 6.89. The van der Waals surface area contributed by atoms with Gasteiger partial charge in [-0.1, -0.05) is 170 Å². The van der Waals surface area contributed by atoms with Gasteiger partial charge in [0.05, 0.1) is 47.2 Å². The molecule has 0 saturated carbocycles. The average Bonchev–Trinajstić information content (AvgIpc) is 3.15. The van der Waals surface area contributed by atoms with Gasteiger partial charge < -0.3 is 29.2 Å². The zero-order valence-corrected chi connectivity index (χ0v) is 30.1. The Morgan fingerprint density at radius 3 is 1.20 bits per heavy atom. The Kier molecular flexibility index (Phi) is 14.5. The van der Waals surface area contributed by atoms with Gasteiger partial charge in [0.25, 0.3) is 0 Å². The first-order valence-electron chi connectivity index (χ1n) is 17.4. The Bertz CT molecular complexity index is 1620. The lowest BCUT2D eigenvalue weighted by Gasteiger charge is -2.39. The van der Waals surface area contributed by atoms with Crippen molar-refractivity contribution in [2.24, 2.45) is 0 Å². The van der Waals surface area contributed by atoms with Crippen LogP contribution < -0.4 is 5.19 Å². The number of hydrogen-bond acceptors (Lipinski definition) is 6. The molecule has 5 aromatic carbocycles. The van der Waals surface area contributed by atoms with Crippen molar-refractivity contribution in [3.63, 3.8) is 0 Å². The minimum atomic E-state index is -2.15. The predicted octanol–water partition coefficient (Wildman–Crippen LogP) is 7.30. The largest absolute Gasteiger partial charge is 0.391 e. The molecule has 0 spiro atoms. The van der Waals surface area contributed by atoms with E-state index in [0.717, 1.165) is 22.3 Å². The summed E-state index contributed by atoms with van der Waals surface area (Å²) in [5.41, 5.74) is 3.89. The summed E-state index contributed by atoms with van der Waals surface area (Å²) in [6, 6.07) is 50.4. The van der Waals surface area contributed by atoms with Crippen LogP contribution in [0, 0.1) is 0 Å². The molecule has 0 radical (unpaired) electrons. The Morgan fingerprint density at radius 2 is 0.780 bits per heavy atom. The fourth-order valence-electron chi connectivity index (χ4n) is 6.14. The van der Waals surface area contributed by atoms with E-state index in [0.29, 0.717) is 12.7 Å². The van der Waals surface area contributed by atoms with Gasteiger partial charge in [-0.3, -0.25) is 0 Å². The lowest BCUT2D eigenvalue weighted by Crippen LogP contribution is -2.56. The summed E-state index contributed by atoms with van der Waals surface area (Å²) in [4.78, 5) is 0. The summed E-state index contributed by atoms with van der Waals surface area (Å²) < 4.78 is 26.1. The first kappa shape index (κ1) is 37.3. The third-order valence-corrected chi connectivity index (χ3v) is 12.3. The summed E-state index contributed by atoms with van der Waals surface area (Å²) in [6.45, 7) is 5.60. The predicted molar refractivity (Wildman–Crippen MR) is 202 cm³/mol. The van der Waals surface area contributed by atoms with Crippen molar-refractivity contribution in [1.82, 2.24) is 0 Å². The van der Waals surface area contributed by atoms with Crippen LogP contribution in [-0.2, 0) is 45.4 Å². The summed E-state index contributed by atoms with van der Waals surface area (Å²) in [5, 5.41) is 25.4. The zero-order valence-electron chi connectivity index (χ0n) is 29.1. The first-order chi connectivity index (χ1) is 24.4. The van der Waals surface area contributed by atoms with Crippen LogP contribution in [0.15, 0.2) is 152 Å². The molecule has 7 heteroatoms. The summed E-state index contributed by atoms with van der Waals surface area (Å²) >= 11 is 0. The van der Waals surface area contributed by atoms with E-state index in [-0.39, 0.29) is 26.4 Å². The highest BCUT2D eigenvalue weighted by Gasteiger charge is 2.42. The van der Waals surface area contributed by atoms with Gasteiger partial charge in [0.1, 0.15) is 24.4 Å². The average molecular weight is 691 g/mol. The molecule has 2 N–H and O–H groups in total. The lowest BCUT2D eigenvalue weighted by molar-refractivity contribution is -0.204. The second-order valence-corrected chi connectivity index (χ2v) is 18.1. The molecule has 0 bridgehead atoms. The molecule has 5 aromatic rings. The van der Waals surface area contributed by atoms with Gasteiger partial charge in [0.15, 0.2) is 0 Å². The molecule has 0 aliphatic carbocycles. The molecular weight excluding hydrogens is 641 g/mol. The van der Waals surface area contributed by atoms with E-state index in [9.17, 15) is 10.2 Å². The van der Waals surface area contributed by atoms with E-state index in [1.807, 2.05) is 140 Å². The highest BCUT2D eigenvalue weighted by Crippen LogP contribution is 2.27. The topological polar surface area (TPSA) is 77.4 Å². The Balaban J connectivity index is 1.48. The molecule has 5 rings (SSSR count). The molecule has 5 atom stereocenters. The summed E-state index contributed by atoms with van der Waals surface area (Å²) in [7, 11) is -2.15. The van der Waals surface area contributed by atoms with Crippen LogP contribution in [0.5, 0.6) is 0 Å². The lowest BCUT2D eigenvalue weighted by atomic mass is 9.98. The molecule has 0 fully saturated rings. The summed E-state index contributed by atoms with van der Waals surface area (Å²) in [6.07, 6.45) is -4.58. The van der Waals surface area contributed by atoms with Gasteiger partial charge in [0, 0.05) is 0 Å². The van der Waals surface area contributed by atoms with Crippen LogP contribution in [-0.4, -0.2) is 55.4 Å². The molecule has 0 aliphatic heterocycles. The maximum atomic E-state index is 12.3. The molecule has 50 heavy (non-hydrogen) atoms. The molecule has 6 nitrogen and oxygen atoms in total. The standard InChI is InChI=1S/C43H50O6Si/c1-50(2,38-26-16-7-17-27-38)33-40(45)42(48-30-36-22-12-5-13-23-36)43(49-31-37-24-14-6-15-25-37)41(47-29-35-20-10-4-11-21-35)39(44)32-46-28-34-18-8-3-9-19-34/h3-27,39-45H,28-33H2,1-2H3/t39-,40?,41-,42-,43+/m1/s1. The summed E-state index contributed by atoms with van der Waals surface area (Å²) in [5.74, 6) is 0. The monoisotopic (exact) mass is 690 g/mol. The Labute approximate surface area is 298 Å². The van der Waals surface area contributed by atoms with Gasteiger partial charge in [-0.15, -0.1) is 0 Å². The van der Waals surface area contributed by atoms with Crippen molar-refractivity contribution in [1.29, 1.82) is 0 Å². The fourth-order valence-corrected chi connectivity index (χ4v) is 8.75. The normalized spacial score (nSPS) is 14.8. The maximum Gasteiger partial charge on any atom is 0.115 e. The van der Waals surface area contributed by atoms with E-state index >= 15 is 0 Å². The SMILES string of the molecule is C[Si](C)(CC(O)[C@@H](OCc1ccccc1)[C@@H](OCc1ccccc1)[C@H](OCc1ccccc1)[C@H](O)COCc1ccccc1)c1ccccc1. The number of benzene rings is 5. The molecule has 0 aliphatic rings. The zero-order chi connectivity index (χ0) is 35.0. The number of aliphatic hydroxyl groups is 2. The van der Waals surface area contributed by atoms with Gasteiger partial charge in [0.2, 0.25) is 0 Å². The van der Waals surface area contributed by atoms with Gasteiger partial charge in [-0.25, -0.2) is 0 Å². The van der Waals surface area contributed by atoms with Crippen molar-refractivity contribution in [2.45, 2.75) is 76.1 Å². The van der Waals surface area contributed by atoms with Crippen LogP contribution in [0.25, 0.3) is 0 Å². The van der Waals surface area contributed by atoms with E-state index < -0.39 is 38.6 Å². The molecular formula is C43H50O6Si. The molecule has 0 amide bonds. The number of hydrogen-bond donors (Lipinski definition) is 2. The molecule has 262 valence electrons. The van der Waals surface area contributed by atoms with Crippen LogP contribution in [0.4, 0.5) is 0 Å². The quantitative estimate of drug-likeness (QED) is 0.0836. The van der Waals surface area contributed by atoms with E-state index in [4.69, 9.17) is 18.9 Å². The van der Waals surface area contributed by atoms with Gasteiger partial charge in [-0.05, 0) is 28.3 Å². The maximum absolute atomic E-state index is 12.3. The minimum Gasteiger partial charge on any atom is -0.391 e. The smallest absolute Gasteiger partial charge is 0.115 e. The van der Waals surface area contributed by atoms with E-state index in [1.165, 1.54) is 5.19 Å². The fraction of sp³-hybridized carbons (Fsp3) is 0.302. The van der Waals surface area contributed by atoms with Crippen LogP contribution >= 0.6 is 0 Å². The van der Waals surface area contributed by atoms with Crippen LogP contribution in [0.3, 0.4) is 0 Å². The third-order valence-electron chi connectivity index (χ3n) is 8.94. The number of aliphatic hydroxyl groups excluding tert-OH is 2. The van der Waals surface area contributed by atoms with E-state index in [2.05, 4.69) is 25.2 Å². The van der Waals surface area contributed by atoms with Gasteiger partial charge >= 0.3 is 0 Å². The van der Waals surface area contributed by atoms with E-state index in [1.54, 1.807) is 0 Å². The Morgan fingerprint density at radius 1 is 0.440 bits per heavy atom. The van der Waals surface area contributed by atoms with Crippen LogP contribution in [0.1, 0.15) is 22.3 Å². The first-order valence-corrected chi connectivity index (χ1v) is 20.6. The Hall–Kier alpha value is -3.92. The number of rotatable bonds is 20.